The quantitative estimate of drug-likeness (QED) is 0.112. The first-order valence-electron chi connectivity index (χ1n) is 19.4. The van der Waals surface area contributed by atoms with Gasteiger partial charge in [0.25, 0.3) is 0 Å². The third-order valence-electron chi connectivity index (χ3n) is 11.4. The molecule has 4 nitrogen and oxygen atoms in total. The Labute approximate surface area is 349 Å². The van der Waals surface area contributed by atoms with E-state index >= 15 is 0 Å². The third-order valence-corrected chi connectivity index (χ3v) is 11.4. The first-order chi connectivity index (χ1) is 27.6. The molecule has 10 rings (SSSR count). The molecule has 3 heterocycles. The van der Waals surface area contributed by atoms with Crippen LogP contribution in [0.2, 0.25) is 0 Å². The summed E-state index contributed by atoms with van der Waals surface area (Å²) >= 11 is 0. The van der Waals surface area contributed by atoms with Crippen LogP contribution in [0.25, 0.3) is 27.6 Å². The number of pyridine rings is 1. The topological polar surface area (TPSA) is 24.3 Å². The van der Waals surface area contributed by atoms with Crippen LogP contribution in [-0.2, 0) is 26.5 Å². The fourth-order valence-electron chi connectivity index (χ4n) is 8.66. The molecule has 1 aliphatic rings. The van der Waals surface area contributed by atoms with Crippen LogP contribution in [0.5, 0.6) is 0 Å². The molecule has 0 saturated carbocycles. The molecule has 9 aromatic rings. The molecule has 0 unspecified atom stereocenters. The molecule has 0 aliphatic carbocycles. The smallest absolute Gasteiger partial charge is 0.345 e. The van der Waals surface area contributed by atoms with Crippen molar-refractivity contribution in [2.24, 2.45) is 0 Å². The molecule has 0 fully saturated rings. The number of aromatic nitrogens is 2. The molecule has 0 N–H and O–H groups in total. The Hall–Kier alpha value is -6.22. The first kappa shape index (κ1) is 36.4. The molecule has 0 radical (unpaired) electrons. The zero-order valence-electron chi connectivity index (χ0n) is 31.8. The van der Waals surface area contributed by atoms with E-state index < -0.39 is 5.41 Å². The Balaban J connectivity index is 0.00000422. The monoisotopic (exact) mass is 915 g/mol. The van der Waals surface area contributed by atoms with Gasteiger partial charge in [-0.15, -0.1) is 22.6 Å². The largest absolute Gasteiger partial charge is 2.00 e. The minimum atomic E-state index is -0.764. The number of hydrogen-bond acceptors (Lipinski definition) is 3. The maximum Gasteiger partial charge on any atom is 2.00 e. The maximum absolute atomic E-state index is 4.96. The van der Waals surface area contributed by atoms with Gasteiger partial charge in [-0.05, 0) is 70.5 Å². The van der Waals surface area contributed by atoms with Crippen LogP contribution in [0.3, 0.4) is 0 Å². The average molecular weight is 916 g/mol. The number of anilines is 4. The van der Waals surface area contributed by atoms with Gasteiger partial charge in [0, 0.05) is 22.8 Å². The van der Waals surface area contributed by atoms with Gasteiger partial charge in [-0.2, -0.15) is 36.4 Å². The molecule has 0 saturated heterocycles. The zero-order valence-corrected chi connectivity index (χ0v) is 34.1. The summed E-state index contributed by atoms with van der Waals surface area (Å²) in [5.74, 6) is 1.27. The zero-order chi connectivity index (χ0) is 37.6. The summed E-state index contributed by atoms with van der Waals surface area (Å²) in [7, 11) is 0. The predicted molar refractivity (Wildman–Crippen MR) is 231 cm³/mol. The van der Waals surface area contributed by atoms with Gasteiger partial charge in [0.2, 0.25) is 0 Å². The molecule has 278 valence electrons. The van der Waals surface area contributed by atoms with Crippen LogP contribution in [0.4, 0.5) is 22.7 Å². The van der Waals surface area contributed by atoms with Crippen molar-refractivity contribution in [3.63, 3.8) is 0 Å². The van der Waals surface area contributed by atoms with Gasteiger partial charge < -0.3 is 14.4 Å². The molecular formula is C52H40N4Pt. The number of para-hydroxylation sites is 4. The molecule has 1 aliphatic heterocycles. The number of hydrogen-bond donors (Lipinski definition) is 0. The van der Waals surface area contributed by atoms with E-state index in [0.717, 1.165) is 61.6 Å². The van der Waals surface area contributed by atoms with Crippen molar-refractivity contribution in [1.29, 1.82) is 0 Å². The van der Waals surface area contributed by atoms with E-state index in [1.807, 2.05) is 6.20 Å². The van der Waals surface area contributed by atoms with E-state index in [4.69, 9.17) is 4.98 Å². The van der Waals surface area contributed by atoms with E-state index in [1.54, 1.807) is 0 Å². The van der Waals surface area contributed by atoms with E-state index in [9.17, 15) is 0 Å². The Kier molecular flexibility index (Phi) is 9.60. The Bertz CT molecular complexity index is 2790. The maximum atomic E-state index is 4.96. The molecule has 0 amide bonds. The molecule has 2 aromatic heterocycles. The van der Waals surface area contributed by atoms with Crippen molar-refractivity contribution in [3.05, 3.63) is 228 Å². The van der Waals surface area contributed by atoms with Crippen LogP contribution in [0, 0.1) is 12.1 Å². The van der Waals surface area contributed by atoms with E-state index in [0.29, 0.717) is 12.6 Å². The predicted octanol–water partition coefficient (Wildman–Crippen LogP) is 12.5. The van der Waals surface area contributed by atoms with Crippen LogP contribution in [0.15, 0.2) is 188 Å². The van der Waals surface area contributed by atoms with Crippen molar-refractivity contribution >= 4 is 44.6 Å². The van der Waals surface area contributed by atoms with Gasteiger partial charge >= 0.3 is 21.1 Å². The van der Waals surface area contributed by atoms with Gasteiger partial charge in [0.1, 0.15) is 5.82 Å². The molecule has 0 spiro atoms. The normalized spacial score (nSPS) is 12.6. The second-order valence-corrected chi connectivity index (χ2v) is 14.8. The number of rotatable bonds is 8. The van der Waals surface area contributed by atoms with Crippen LogP contribution in [-0.4, -0.2) is 16.2 Å². The summed E-state index contributed by atoms with van der Waals surface area (Å²) in [6.45, 7) is 5.13. The van der Waals surface area contributed by atoms with Crippen molar-refractivity contribution in [1.82, 2.24) is 9.55 Å². The summed E-state index contributed by atoms with van der Waals surface area (Å²) in [5, 5.41) is 2.32. The van der Waals surface area contributed by atoms with E-state index in [2.05, 4.69) is 222 Å². The average Bonchev–Trinajstić information content (AvgIpc) is 3.82. The fourth-order valence-corrected chi connectivity index (χ4v) is 8.66. The van der Waals surface area contributed by atoms with Crippen molar-refractivity contribution in [2.45, 2.75) is 25.2 Å². The summed E-state index contributed by atoms with van der Waals surface area (Å²) in [6, 6.07) is 73.3. The van der Waals surface area contributed by atoms with Crippen LogP contribution < -0.4 is 9.80 Å². The molecule has 0 bridgehead atoms. The fraction of sp³-hybridized carbons (Fsp3) is 0.0962. The second kappa shape index (κ2) is 15.0. The number of fused-ring (bicyclic) bond motifs is 4. The van der Waals surface area contributed by atoms with E-state index in [-0.39, 0.29) is 21.1 Å². The molecule has 0 atom stereocenters. The number of benzene rings is 7. The van der Waals surface area contributed by atoms with Crippen molar-refractivity contribution in [2.75, 3.05) is 16.5 Å². The Morgan fingerprint density at radius 1 is 0.561 bits per heavy atom. The molecule has 57 heavy (non-hydrogen) atoms. The third kappa shape index (κ3) is 6.07. The Morgan fingerprint density at radius 2 is 1.18 bits per heavy atom. The van der Waals surface area contributed by atoms with E-state index in [1.165, 1.54) is 16.6 Å². The van der Waals surface area contributed by atoms with Crippen LogP contribution in [0.1, 0.15) is 47.6 Å². The van der Waals surface area contributed by atoms with Crippen molar-refractivity contribution in [3.8, 4) is 5.82 Å². The summed E-state index contributed by atoms with van der Waals surface area (Å²) < 4.78 is 2.29. The standard InChI is InChI=1S/C52H40N4.Pt/c1-37(2)38-31-32-53-51(33-38)56-47-26-13-12-25-45(47)46-30-29-42(35-50(46)56)52(39-17-6-3-7-18-39,40-19-8-4-9-20-40)41-21-16-24-44(34-41)55-36-54(43-22-10-5-11-23-43)48-27-14-15-28-49(48)55;/h3-33,37H,36H2,1-2H3;/q-2;+2. The minimum Gasteiger partial charge on any atom is -0.345 e. The van der Waals surface area contributed by atoms with Gasteiger partial charge in [0.05, 0.1) is 18.0 Å². The first-order valence-corrected chi connectivity index (χ1v) is 19.4. The SMILES string of the molecule is CC(C)c1ccnc(-n2c3[c-]c(C(c4[c-]c(N5CN(c6ccccc6)c6ccccc65)ccc4)(c4ccccc4)c4ccccc4)ccc3c3ccccc32)c1.[Pt+2]. The van der Waals surface area contributed by atoms with Gasteiger partial charge in [0.15, 0.2) is 0 Å². The molecule has 5 heteroatoms. The second-order valence-electron chi connectivity index (χ2n) is 14.8. The summed E-state index contributed by atoms with van der Waals surface area (Å²) in [4.78, 5) is 9.72. The summed E-state index contributed by atoms with van der Waals surface area (Å²) in [6.07, 6.45) is 1.93. The minimum absolute atomic E-state index is 0. The Morgan fingerprint density at radius 3 is 1.88 bits per heavy atom. The van der Waals surface area contributed by atoms with Gasteiger partial charge in [-0.25, -0.2) is 4.98 Å². The van der Waals surface area contributed by atoms with Crippen LogP contribution >= 0.6 is 0 Å². The van der Waals surface area contributed by atoms with Gasteiger partial charge in [-0.1, -0.05) is 134 Å². The van der Waals surface area contributed by atoms with Gasteiger partial charge in [-0.3, -0.25) is 0 Å². The number of nitrogens with zero attached hydrogens (tertiary/aromatic N) is 4. The van der Waals surface area contributed by atoms with Crippen molar-refractivity contribution < 1.29 is 21.1 Å². The molecular weight excluding hydrogens is 876 g/mol. The summed E-state index contributed by atoms with van der Waals surface area (Å²) in [5.41, 5.74) is 11.5. The molecule has 7 aromatic carbocycles.